The molecule has 44 heavy (non-hydrogen) atoms. The smallest absolute Gasteiger partial charge is 0.358 e. The standard InChI is InChI=1S/C39H62.4CH3.Hf/c1-37(2,3)30-21-23-32-33-24-22-31(38(4,5)6)26-35(33)36(34(32)25-30)39(29-19-13-14-20-29,27-15-9-7-10-16-27)28-17-11-8-12-18-28;;;;;/h7,9-10,15-16,28-36H,8,11-14,17-26H2,1-6H3;4*1H3;/q;4*-1;+4. The minimum absolute atomic E-state index is 0. The fraction of sp³-hybridized carbons (Fsp3) is 0.767. The van der Waals surface area contributed by atoms with Crippen LogP contribution < -0.4 is 0 Å². The van der Waals surface area contributed by atoms with Gasteiger partial charge in [0.05, 0.1) is 0 Å². The quantitative estimate of drug-likeness (QED) is 0.211. The topological polar surface area (TPSA) is 0 Å². The average Bonchev–Trinajstić information content (AvgIpc) is 3.57. The molecular weight excluding hydrogens is 695 g/mol. The van der Waals surface area contributed by atoms with E-state index in [1.807, 2.05) is 0 Å². The Morgan fingerprint density at radius 1 is 0.455 bits per heavy atom. The molecule has 6 rings (SSSR count). The van der Waals surface area contributed by atoms with Gasteiger partial charge in [0.1, 0.15) is 0 Å². The molecular formula is C43H74Hf. The van der Waals surface area contributed by atoms with E-state index in [1.54, 1.807) is 5.56 Å². The van der Waals surface area contributed by atoms with Gasteiger partial charge in [-0.2, -0.15) is 0 Å². The fourth-order valence-electron chi connectivity index (χ4n) is 12.2. The number of fused-ring (bicyclic) bond motifs is 3. The van der Waals surface area contributed by atoms with Gasteiger partial charge in [0.25, 0.3) is 0 Å². The van der Waals surface area contributed by atoms with E-state index in [0.29, 0.717) is 16.2 Å². The summed E-state index contributed by atoms with van der Waals surface area (Å²) >= 11 is 0. The molecule has 5 saturated carbocycles. The monoisotopic (exact) mass is 771 g/mol. The summed E-state index contributed by atoms with van der Waals surface area (Å²) in [5, 5.41) is 0. The molecule has 5 aliphatic carbocycles. The van der Waals surface area contributed by atoms with E-state index in [4.69, 9.17) is 0 Å². The van der Waals surface area contributed by atoms with Crippen LogP contribution >= 0.6 is 0 Å². The van der Waals surface area contributed by atoms with Crippen LogP contribution in [0.1, 0.15) is 143 Å². The van der Waals surface area contributed by atoms with Crippen molar-refractivity contribution in [3.8, 4) is 0 Å². The van der Waals surface area contributed by atoms with Crippen molar-refractivity contribution in [2.75, 3.05) is 0 Å². The van der Waals surface area contributed by atoms with Gasteiger partial charge in [0.15, 0.2) is 0 Å². The number of benzene rings is 1. The first-order valence-corrected chi connectivity index (χ1v) is 17.7. The van der Waals surface area contributed by atoms with E-state index in [0.717, 1.165) is 53.3 Å². The van der Waals surface area contributed by atoms with Crippen molar-refractivity contribution in [1.82, 2.24) is 0 Å². The molecule has 0 amide bonds. The molecule has 7 atom stereocenters. The van der Waals surface area contributed by atoms with Crippen LogP contribution in [0.5, 0.6) is 0 Å². The van der Waals surface area contributed by atoms with Crippen molar-refractivity contribution in [3.05, 3.63) is 65.6 Å². The largest absolute Gasteiger partial charge is 4.00 e. The van der Waals surface area contributed by atoms with Crippen LogP contribution in [0.15, 0.2) is 30.3 Å². The van der Waals surface area contributed by atoms with Crippen molar-refractivity contribution in [1.29, 1.82) is 0 Å². The van der Waals surface area contributed by atoms with Crippen LogP contribution in [-0.2, 0) is 31.3 Å². The maximum absolute atomic E-state index is 2.64. The summed E-state index contributed by atoms with van der Waals surface area (Å²) in [6.07, 6.45) is 22.5. The molecule has 1 heteroatoms. The predicted molar refractivity (Wildman–Crippen MR) is 193 cm³/mol. The van der Waals surface area contributed by atoms with Gasteiger partial charge in [0, 0.05) is 5.41 Å². The molecule has 0 heterocycles. The summed E-state index contributed by atoms with van der Waals surface area (Å²) in [7, 11) is 0. The Morgan fingerprint density at radius 3 is 1.23 bits per heavy atom. The summed E-state index contributed by atoms with van der Waals surface area (Å²) in [6.45, 7) is 15.4. The summed E-state index contributed by atoms with van der Waals surface area (Å²) in [6, 6.07) is 12.4. The van der Waals surface area contributed by atoms with Gasteiger partial charge < -0.3 is 29.7 Å². The Morgan fingerprint density at radius 2 is 0.841 bits per heavy atom. The van der Waals surface area contributed by atoms with Crippen molar-refractivity contribution < 1.29 is 25.8 Å². The molecule has 1 aromatic rings. The molecule has 0 saturated heterocycles. The molecule has 0 aliphatic heterocycles. The minimum atomic E-state index is 0. The molecule has 0 spiro atoms. The number of rotatable bonds is 4. The fourth-order valence-corrected chi connectivity index (χ4v) is 12.2. The zero-order chi connectivity index (χ0) is 27.4. The molecule has 0 N–H and O–H groups in total. The molecule has 250 valence electrons. The van der Waals surface area contributed by atoms with E-state index in [1.165, 1.54) is 96.3 Å². The zero-order valence-electron chi connectivity index (χ0n) is 31.2. The molecule has 7 unspecified atom stereocenters. The van der Waals surface area contributed by atoms with Crippen LogP contribution in [-0.4, -0.2) is 0 Å². The van der Waals surface area contributed by atoms with E-state index in [2.05, 4.69) is 71.9 Å². The summed E-state index contributed by atoms with van der Waals surface area (Å²) < 4.78 is 0. The Kier molecular flexibility index (Phi) is 15.8. The van der Waals surface area contributed by atoms with Gasteiger partial charge in [-0.25, -0.2) is 0 Å². The van der Waals surface area contributed by atoms with E-state index >= 15 is 0 Å². The third kappa shape index (κ3) is 7.54. The summed E-state index contributed by atoms with van der Waals surface area (Å²) in [5.74, 6) is 8.48. The molecule has 5 aliphatic rings. The molecule has 0 nitrogen and oxygen atoms in total. The Balaban J connectivity index is 0.00000194. The maximum Gasteiger partial charge on any atom is 4.00 e. The van der Waals surface area contributed by atoms with Gasteiger partial charge in [-0.3, -0.25) is 0 Å². The van der Waals surface area contributed by atoms with E-state index < -0.39 is 0 Å². The second kappa shape index (κ2) is 16.5. The molecule has 0 aromatic heterocycles. The van der Waals surface area contributed by atoms with Crippen LogP contribution in [0, 0.1) is 93.8 Å². The van der Waals surface area contributed by atoms with Crippen LogP contribution in [0.3, 0.4) is 0 Å². The number of hydrogen-bond acceptors (Lipinski definition) is 0. The van der Waals surface area contributed by atoms with Gasteiger partial charge >= 0.3 is 25.8 Å². The normalized spacial score (nSPS) is 33.9. The second-order valence-corrected chi connectivity index (χ2v) is 17.5. The van der Waals surface area contributed by atoms with Gasteiger partial charge in [-0.1, -0.05) is 104 Å². The van der Waals surface area contributed by atoms with Gasteiger partial charge in [0.2, 0.25) is 0 Å². The van der Waals surface area contributed by atoms with Crippen molar-refractivity contribution >= 4 is 0 Å². The number of hydrogen-bond donors (Lipinski definition) is 0. The van der Waals surface area contributed by atoms with Crippen LogP contribution in [0.4, 0.5) is 0 Å². The molecule has 5 fully saturated rings. The predicted octanol–water partition coefficient (Wildman–Crippen LogP) is 13.3. The Bertz CT molecular complexity index is 901. The van der Waals surface area contributed by atoms with E-state index in [-0.39, 0.29) is 55.5 Å². The summed E-state index contributed by atoms with van der Waals surface area (Å²) in [5.41, 5.74) is 3.11. The molecule has 1 aromatic carbocycles. The van der Waals surface area contributed by atoms with Crippen molar-refractivity contribution in [3.63, 3.8) is 0 Å². The first-order valence-electron chi connectivity index (χ1n) is 17.7. The van der Waals surface area contributed by atoms with Gasteiger partial charge in [-0.15, -0.1) is 0 Å². The van der Waals surface area contributed by atoms with Crippen LogP contribution in [0.25, 0.3) is 0 Å². The molecule has 0 bridgehead atoms. The SMILES string of the molecule is CC(C)(C)C1CCC2C3CCC(C(C)(C)C)CC3C(C(c3ccccc3)(C3CCCCC3)C3CCCC3)C2C1.[CH3-].[CH3-].[CH3-].[CH3-].[Hf+4]. The van der Waals surface area contributed by atoms with Gasteiger partial charge in [-0.05, 0) is 134 Å². The summed E-state index contributed by atoms with van der Waals surface area (Å²) in [4.78, 5) is 0. The Hall–Kier alpha value is 0.0901. The first kappa shape index (κ1) is 42.1. The molecule has 0 radical (unpaired) electrons. The van der Waals surface area contributed by atoms with E-state index in [9.17, 15) is 0 Å². The maximum atomic E-state index is 2.64. The first-order chi connectivity index (χ1) is 18.6. The zero-order valence-corrected chi connectivity index (χ0v) is 34.8. The third-order valence-corrected chi connectivity index (χ3v) is 14.0. The van der Waals surface area contributed by atoms with Crippen molar-refractivity contribution in [2.24, 2.45) is 64.1 Å². The average molecular weight is 770 g/mol. The second-order valence-electron chi connectivity index (χ2n) is 17.5. The van der Waals surface area contributed by atoms with Crippen LogP contribution in [0.2, 0.25) is 0 Å². The third-order valence-electron chi connectivity index (χ3n) is 14.0. The minimum Gasteiger partial charge on any atom is -0.358 e. The Labute approximate surface area is 297 Å². The van der Waals surface area contributed by atoms with Crippen molar-refractivity contribution in [2.45, 2.75) is 143 Å².